The van der Waals surface area contributed by atoms with Crippen LogP contribution in [0.4, 0.5) is 5.69 Å². The maximum atomic E-state index is 5.17. The minimum absolute atomic E-state index is 0.248. The average Bonchev–Trinajstić information content (AvgIpc) is 3.66. The summed E-state index contributed by atoms with van der Waals surface area (Å²) in [7, 11) is 0. The minimum Gasteiger partial charge on any atom is -0.299 e. The molecule has 5 aromatic heterocycles. The van der Waals surface area contributed by atoms with E-state index in [0.717, 1.165) is 64.1 Å². The molecule has 5 aromatic rings. The lowest BCUT2D eigenvalue weighted by molar-refractivity contribution is 0.331. The van der Waals surface area contributed by atoms with Crippen LogP contribution in [0.25, 0.3) is 33.3 Å². The number of fused-ring (bicyclic) bond motifs is 2. The van der Waals surface area contributed by atoms with Gasteiger partial charge < -0.3 is 0 Å². The largest absolute Gasteiger partial charge is 0.299 e. The third-order valence-electron chi connectivity index (χ3n) is 8.00. The van der Waals surface area contributed by atoms with Gasteiger partial charge in [0.05, 0.1) is 23.3 Å². The van der Waals surface area contributed by atoms with Crippen molar-refractivity contribution in [1.29, 1.82) is 0 Å². The van der Waals surface area contributed by atoms with Crippen molar-refractivity contribution < 1.29 is 0 Å². The molecule has 0 aromatic carbocycles. The highest BCUT2D eigenvalue weighted by molar-refractivity contribution is 6.12. The van der Waals surface area contributed by atoms with Crippen molar-refractivity contribution in [3.05, 3.63) is 84.5 Å². The summed E-state index contributed by atoms with van der Waals surface area (Å²) in [4.78, 5) is 25.6. The summed E-state index contributed by atoms with van der Waals surface area (Å²) in [6.45, 7) is 5.49. The number of rotatable bonds is 6. The molecule has 0 amide bonds. The van der Waals surface area contributed by atoms with E-state index in [9.17, 15) is 0 Å². The Bertz CT molecular complexity index is 1670. The van der Waals surface area contributed by atoms with E-state index >= 15 is 0 Å². The number of nitrogens with one attached hydrogen (secondary N) is 1. The molecule has 0 saturated carbocycles. The van der Waals surface area contributed by atoms with E-state index in [0.29, 0.717) is 5.65 Å². The Hall–Kier alpha value is -4.30. The van der Waals surface area contributed by atoms with E-state index in [1.165, 1.54) is 37.1 Å². The standard InChI is InChI=1S/C31H30N8/c1-2-21-12-25-27(22-5-7-32-8-6-22)17-34-18-28(25)36-29(21)30-26-13-24(16-35-31(26)38-37-30)23-11-20(14-33-15-23)19-39-9-3-4-10-39/h5-8,11,13-18,21H,2-4,9-10,12,19H2,1H3,(H,35,37,38). The highest BCUT2D eigenvalue weighted by Gasteiger charge is 2.28. The van der Waals surface area contributed by atoms with E-state index < -0.39 is 0 Å². The van der Waals surface area contributed by atoms with Crippen molar-refractivity contribution in [3.63, 3.8) is 0 Å². The zero-order chi connectivity index (χ0) is 26.2. The number of hydrogen-bond donors (Lipinski definition) is 1. The Morgan fingerprint density at radius 2 is 1.72 bits per heavy atom. The number of hydrogen-bond acceptors (Lipinski definition) is 7. The lowest BCUT2D eigenvalue weighted by Gasteiger charge is -2.25. The van der Waals surface area contributed by atoms with E-state index in [1.807, 2.05) is 55.5 Å². The maximum absolute atomic E-state index is 5.17. The van der Waals surface area contributed by atoms with Crippen LogP contribution in [0.1, 0.15) is 43.0 Å². The van der Waals surface area contributed by atoms with Gasteiger partial charge in [0.2, 0.25) is 0 Å². The van der Waals surface area contributed by atoms with Gasteiger partial charge in [-0.15, -0.1) is 0 Å². The molecule has 1 unspecified atom stereocenters. The SMILES string of the molecule is CCC1Cc2c(cncc2-c2ccncc2)N=C1c1[nH]nc2ncc(-c3cncc(CN4CCCC4)c3)cc12. The Labute approximate surface area is 227 Å². The quantitative estimate of drug-likeness (QED) is 0.309. The Morgan fingerprint density at radius 1 is 0.897 bits per heavy atom. The van der Waals surface area contributed by atoms with Crippen molar-refractivity contribution in [2.24, 2.45) is 10.9 Å². The first kappa shape index (κ1) is 23.8. The molecule has 2 aliphatic rings. The van der Waals surface area contributed by atoms with Gasteiger partial charge in [-0.05, 0) is 79.7 Å². The predicted molar refractivity (Wildman–Crippen MR) is 153 cm³/mol. The number of aliphatic imine (C=N–C) groups is 1. The fraction of sp³-hybridized carbons (Fsp3) is 0.290. The molecule has 1 fully saturated rings. The molecule has 7 heterocycles. The Kier molecular flexibility index (Phi) is 6.17. The second kappa shape index (κ2) is 10.1. The third-order valence-corrected chi connectivity index (χ3v) is 8.00. The second-order valence-corrected chi connectivity index (χ2v) is 10.5. The molecule has 1 atom stereocenters. The van der Waals surface area contributed by atoms with E-state index in [2.05, 4.69) is 49.1 Å². The van der Waals surface area contributed by atoms with Gasteiger partial charge in [-0.1, -0.05) is 6.92 Å². The molecule has 194 valence electrons. The van der Waals surface area contributed by atoms with Crippen LogP contribution in [-0.2, 0) is 13.0 Å². The monoisotopic (exact) mass is 514 g/mol. The molecule has 0 aliphatic carbocycles. The first-order chi connectivity index (χ1) is 19.3. The van der Waals surface area contributed by atoms with Crippen molar-refractivity contribution in [1.82, 2.24) is 35.0 Å². The first-order valence-electron chi connectivity index (χ1n) is 13.7. The number of pyridine rings is 4. The number of likely N-dealkylation sites (tertiary alicyclic amines) is 1. The summed E-state index contributed by atoms with van der Waals surface area (Å²) in [5.41, 5.74) is 10.4. The summed E-state index contributed by atoms with van der Waals surface area (Å²) in [6, 6.07) is 8.47. The van der Waals surface area contributed by atoms with Gasteiger partial charge in [-0.2, -0.15) is 5.10 Å². The van der Waals surface area contributed by atoms with Gasteiger partial charge in [0.25, 0.3) is 0 Å². The Morgan fingerprint density at radius 3 is 2.56 bits per heavy atom. The fourth-order valence-corrected chi connectivity index (χ4v) is 5.91. The molecule has 1 saturated heterocycles. The van der Waals surface area contributed by atoms with Crippen molar-refractivity contribution in [2.75, 3.05) is 13.1 Å². The van der Waals surface area contributed by atoms with Crippen LogP contribution in [0.15, 0.2) is 72.6 Å². The van der Waals surface area contributed by atoms with Crippen LogP contribution in [0.3, 0.4) is 0 Å². The normalized spacial score (nSPS) is 17.4. The zero-order valence-corrected chi connectivity index (χ0v) is 22.0. The molecule has 0 radical (unpaired) electrons. The van der Waals surface area contributed by atoms with Gasteiger partial charge in [0.1, 0.15) is 0 Å². The maximum Gasteiger partial charge on any atom is 0.181 e. The molecule has 8 nitrogen and oxygen atoms in total. The van der Waals surface area contributed by atoms with Crippen LogP contribution in [-0.4, -0.2) is 53.8 Å². The number of nitrogens with zero attached hydrogens (tertiary/aromatic N) is 7. The second-order valence-electron chi connectivity index (χ2n) is 10.5. The molecule has 8 heteroatoms. The highest BCUT2D eigenvalue weighted by atomic mass is 15.2. The van der Waals surface area contributed by atoms with Crippen LogP contribution in [0.5, 0.6) is 0 Å². The summed E-state index contributed by atoms with van der Waals surface area (Å²) in [5.74, 6) is 0.248. The van der Waals surface area contributed by atoms with Crippen LogP contribution in [0, 0.1) is 5.92 Å². The Balaban J connectivity index is 1.27. The predicted octanol–water partition coefficient (Wildman–Crippen LogP) is 5.78. The summed E-state index contributed by atoms with van der Waals surface area (Å²) < 4.78 is 0. The van der Waals surface area contributed by atoms with Gasteiger partial charge >= 0.3 is 0 Å². The first-order valence-corrected chi connectivity index (χ1v) is 13.7. The molecule has 39 heavy (non-hydrogen) atoms. The van der Waals surface area contributed by atoms with Crippen LogP contribution < -0.4 is 0 Å². The minimum atomic E-state index is 0.248. The average molecular weight is 515 g/mol. The summed E-state index contributed by atoms with van der Waals surface area (Å²) in [5, 5.41) is 8.79. The van der Waals surface area contributed by atoms with Gasteiger partial charge in [0.15, 0.2) is 5.65 Å². The zero-order valence-electron chi connectivity index (χ0n) is 22.0. The fourth-order valence-electron chi connectivity index (χ4n) is 5.91. The van der Waals surface area contributed by atoms with Crippen molar-refractivity contribution in [3.8, 4) is 22.3 Å². The highest BCUT2D eigenvalue weighted by Crippen LogP contribution is 2.38. The lowest BCUT2D eigenvalue weighted by atomic mass is 9.84. The smallest absolute Gasteiger partial charge is 0.181 e. The molecule has 1 N–H and O–H groups in total. The molecular formula is C31H30N8. The number of H-pyrrole nitrogens is 1. The number of aromatic nitrogens is 6. The molecular weight excluding hydrogens is 484 g/mol. The molecule has 0 bridgehead atoms. The number of aromatic amines is 1. The molecule has 0 spiro atoms. The van der Waals surface area contributed by atoms with E-state index in [4.69, 9.17) is 9.98 Å². The van der Waals surface area contributed by atoms with Crippen LogP contribution in [0.2, 0.25) is 0 Å². The van der Waals surface area contributed by atoms with Gasteiger partial charge in [0, 0.05) is 71.7 Å². The van der Waals surface area contributed by atoms with Crippen molar-refractivity contribution in [2.45, 2.75) is 39.2 Å². The van der Waals surface area contributed by atoms with Crippen molar-refractivity contribution >= 4 is 22.4 Å². The van der Waals surface area contributed by atoms with Gasteiger partial charge in [-0.3, -0.25) is 25.0 Å². The molecule has 2 aliphatic heterocycles. The van der Waals surface area contributed by atoms with E-state index in [-0.39, 0.29) is 5.92 Å². The summed E-state index contributed by atoms with van der Waals surface area (Å²) in [6.07, 6.45) is 17.7. The van der Waals surface area contributed by atoms with Crippen LogP contribution >= 0.6 is 0 Å². The van der Waals surface area contributed by atoms with Gasteiger partial charge in [-0.25, -0.2) is 9.98 Å². The molecule has 7 rings (SSSR count). The summed E-state index contributed by atoms with van der Waals surface area (Å²) >= 11 is 0. The lowest BCUT2D eigenvalue weighted by Crippen LogP contribution is -2.22. The topological polar surface area (TPSA) is 95.8 Å². The van der Waals surface area contributed by atoms with E-state index in [1.54, 1.807) is 0 Å². The third kappa shape index (κ3) is 4.51.